The molecule has 164 valence electrons. The lowest BCUT2D eigenvalue weighted by Gasteiger charge is -2.13. The highest BCUT2D eigenvalue weighted by molar-refractivity contribution is 5.89. The first-order chi connectivity index (χ1) is 15.0. The Balaban J connectivity index is 0.000000366. The van der Waals surface area contributed by atoms with Crippen LogP contribution in [0.1, 0.15) is 47.9 Å². The Bertz CT molecular complexity index is 900. The van der Waals surface area contributed by atoms with Crippen LogP contribution in [0, 0.1) is 0 Å². The molecule has 31 heavy (non-hydrogen) atoms. The van der Waals surface area contributed by atoms with Crippen LogP contribution in [-0.4, -0.2) is 35.7 Å². The molecule has 0 unspecified atom stereocenters. The third-order valence-corrected chi connectivity index (χ3v) is 5.11. The zero-order valence-corrected chi connectivity index (χ0v) is 18.0. The largest absolute Gasteiger partial charge is 0.478 e. The molecule has 0 saturated carbocycles. The molecule has 0 amide bonds. The van der Waals surface area contributed by atoms with E-state index in [-0.39, 0.29) is 0 Å². The summed E-state index contributed by atoms with van der Waals surface area (Å²) in [6.45, 7) is 1.02. The first-order valence-corrected chi connectivity index (χ1v) is 10.7. The molecule has 0 radical (unpaired) electrons. The maximum Gasteiger partial charge on any atom is 0.328 e. The van der Waals surface area contributed by atoms with Crippen LogP contribution < -0.4 is 5.32 Å². The van der Waals surface area contributed by atoms with Gasteiger partial charge in [-0.3, -0.25) is 0 Å². The Kier molecular flexibility index (Phi) is 10.3. The zero-order chi connectivity index (χ0) is 22.5. The van der Waals surface area contributed by atoms with Crippen molar-refractivity contribution in [3.05, 3.63) is 89.0 Å². The van der Waals surface area contributed by atoms with E-state index in [1.54, 1.807) is 11.1 Å². The minimum Gasteiger partial charge on any atom is -0.478 e. The maximum atomic E-state index is 9.55. The van der Waals surface area contributed by atoms with E-state index in [1.165, 1.54) is 48.8 Å². The van der Waals surface area contributed by atoms with Crippen LogP contribution in [0.4, 0.5) is 0 Å². The normalized spacial score (nSPS) is 13.6. The molecule has 0 saturated heterocycles. The van der Waals surface area contributed by atoms with Gasteiger partial charge >= 0.3 is 11.9 Å². The number of carboxylic acids is 2. The SMILES string of the molecule is CNCC/C=C(/c1ccccc1)c1ccc2c(c1)CCCCC2.O=C(O)/C=C\C(=O)O. The van der Waals surface area contributed by atoms with Gasteiger partial charge in [-0.15, -0.1) is 0 Å². The summed E-state index contributed by atoms with van der Waals surface area (Å²) in [6, 6.07) is 17.9. The second kappa shape index (κ2) is 13.2. The van der Waals surface area contributed by atoms with Crippen molar-refractivity contribution in [3.63, 3.8) is 0 Å². The third kappa shape index (κ3) is 8.60. The average molecular weight is 422 g/mol. The van der Waals surface area contributed by atoms with E-state index in [4.69, 9.17) is 10.2 Å². The topological polar surface area (TPSA) is 86.6 Å². The van der Waals surface area contributed by atoms with Crippen molar-refractivity contribution < 1.29 is 19.8 Å². The molecule has 0 heterocycles. The van der Waals surface area contributed by atoms with Crippen LogP contribution in [0.2, 0.25) is 0 Å². The molecule has 0 spiro atoms. The van der Waals surface area contributed by atoms with Crippen molar-refractivity contribution >= 4 is 17.5 Å². The molecule has 0 aliphatic heterocycles. The Hall–Kier alpha value is -3.18. The minimum absolute atomic E-state index is 0.558. The number of benzene rings is 2. The molecule has 5 heteroatoms. The van der Waals surface area contributed by atoms with Crippen molar-refractivity contribution in [1.29, 1.82) is 0 Å². The van der Waals surface area contributed by atoms with Gasteiger partial charge in [0.1, 0.15) is 0 Å². The van der Waals surface area contributed by atoms with Crippen molar-refractivity contribution in [2.75, 3.05) is 13.6 Å². The van der Waals surface area contributed by atoms with Crippen LogP contribution in [0.5, 0.6) is 0 Å². The van der Waals surface area contributed by atoms with Gasteiger partial charge in [0.2, 0.25) is 0 Å². The number of aliphatic carboxylic acids is 2. The van der Waals surface area contributed by atoms with Gasteiger partial charge in [0.25, 0.3) is 0 Å². The molecule has 3 N–H and O–H groups in total. The van der Waals surface area contributed by atoms with Crippen LogP contribution in [0.3, 0.4) is 0 Å². The lowest BCUT2D eigenvalue weighted by Crippen LogP contribution is -2.06. The van der Waals surface area contributed by atoms with Gasteiger partial charge in [0.15, 0.2) is 0 Å². The number of fused-ring (bicyclic) bond motifs is 1. The van der Waals surface area contributed by atoms with Crippen LogP contribution in [0.15, 0.2) is 66.8 Å². The molecule has 1 aliphatic rings. The highest BCUT2D eigenvalue weighted by Crippen LogP contribution is 2.28. The molecule has 0 bridgehead atoms. The molecule has 5 nitrogen and oxygen atoms in total. The fraction of sp³-hybridized carbons (Fsp3) is 0.308. The van der Waals surface area contributed by atoms with Gasteiger partial charge < -0.3 is 15.5 Å². The highest BCUT2D eigenvalue weighted by Gasteiger charge is 2.11. The third-order valence-electron chi connectivity index (χ3n) is 5.11. The highest BCUT2D eigenvalue weighted by atomic mass is 16.4. The summed E-state index contributed by atoms with van der Waals surface area (Å²) >= 11 is 0. The summed E-state index contributed by atoms with van der Waals surface area (Å²) in [5.41, 5.74) is 7.18. The number of carbonyl (C=O) groups is 2. The Morgan fingerprint density at radius 2 is 1.52 bits per heavy atom. The molecule has 0 atom stereocenters. The number of nitrogens with one attached hydrogen (secondary N) is 1. The van der Waals surface area contributed by atoms with Gasteiger partial charge in [-0.05, 0) is 73.5 Å². The van der Waals surface area contributed by atoms with Gasteiger partial charge in [-0.1, -0.05) is 61.0 Å². The zero-order valence-electron chi connectivity index (χ0n) is 18.0. The van der Waals surface area contributed by atoms with Crippen LogP contribution in [-0.2, 0) is 22.4 Å². The second-order valence-electron chi connectivity index (χ2n) is 7.43. The second-order valence-corrected chi connectivity index (χ2v) is 7.43. The number of rotatable bonds is 7. The van der Waals surface area contributed by atoms with Crippen LogP contribution >= 0.6 is 0 Å². The summed E-state index contributed by atoms with van der Waals surface area (Å²) in [5, 5.41) is 18.9. The maximum absolute atomic E-state index is 9.55. The molecular weight excluding hydrogens is 390 g/mol. The molecular formula is C26H31NO4. The Morgan fingerprint density at radius 1 is 0.871 bits per heavy atom. The number of carboxylic acid groups (broad SMARTS) is 2. The van der Waals surface area contributed by atoms with E-state index in [9.17, 15) is 9.59 Å². The minimum atomic E-state index is -1.26. The van der Waals surface area contributed by atoms with E-state index in [1.807, 2.05) is 7.05 Å². The van der Waals surface area contributed by atoms with E-state index in [2.05, 4.69) is 59.9 Å². The quantitative estimate of drug-likeness (QED) is 0.342. The van der Waals surface area contributed by atoms with Gasteiger partial charge in [-0.25, -0.2) is 9.59 Å². The van der Waals surface area contributed by atoms with Gasteiger partial charge in [0, 0.05) is 12.2 Å². The van der Waals surface area contributed by atoms with Gasteiger partial charge in [-0.2, -0.15) is 0 Å². The van der Waals surface area contributed by atoms with E-state index >= 15 is 0 Å². The van der Waals surface area contributed by atoms with E-state index in [0.717, 1.165) is 13.0 Å². The summed E-state index contributed by atoms with van der Waals surface area (Å²) in [5.74, 6) is -2.51. The first-order valence-electron chi connectivity index (χ1n) is 10.7. The van der Waals surface area contributed by atoms with Gasteiger partial charge in [0.05, 0.1) is 0 Å². The van der Waals surface area contributed by atoms with Crippen molar-refractivity contribution in [1.82, 2.24) is 5.32 Å². The molecule has 0 aromatic heterocycles. The van der Waals surface area contributed by atoms with E-state index in [0.29, 0.717) is 12.2 Å². The molecule has 3 rings (SSSR count). The summed E-state index contributed by atoms with van der Waals surface area (Å²) in [6.07, 6.45) is 11.1. The van der Waals surface area contributed by atoms with Crippen molar-refractivity contribution in [3.8, 4) is 0 Å². The summed E-state index contributed by atoms with van der Waals surface area (Å²) in [4.78, 5) is 19.1. The predicted octanol–water partition coefficient (Wildman–Crippen LogP) is 4.71. The number of hydrogen-bond acceptors (Lipinski definition) is 3. The Labute approximate surface area is 184 Å². The fourth-order valence-corrected chi connectivity index (χ4v) is 3.60. The first kappa shape index (κ1) is 24.1. The van der Waals surface area contributed by atoms with Crippen LogP contribution in [0.25, 0.3) is 5.57 Å². The monoisotopic (exact) mass is 421 g/mol. The molecule has 2 aromatic rings. The smallest absolute Gasteiger partial charge is 0.328 e. The molecule has 1 aliphatic carbocycles. The summed E-state index contributed by atoms with van der Waals surface area (Å²) < 4.78 is 0. The summed E-state index contributed by atoms with van der Waals surface area (Å²) in [7, 11) is 2.01. The molecule has 0 fully saturated rings. The average Bonchev–Trinajstić information content (AvgIpc) is 3.01. The lowest BCUT2D eigenvalue weighted by atomic mass is 9.92. The van der Waals surface area contributed by atoms with Crippen molar-refractivity contribution in [2.45, 2.75) is 38.5 Å². The number of aryl methyl sites for hydroxylation is 2. The lowest BCUT2D eigenvalue weighted by molar-refractivity contribution is -0.134. The standard InChI is InChI=1S/C22H27N.C4H4O4/c1-23-16-8-13-22(19-10-5-3-6-11-19)21-15-14-18-9-4-2-7-12-20(18)17-21;5-3(6)1-2-4(7)8/h3,5-6,10-11,13-15,17,23H,2,4,7-9,12,16H2,1H3;1-2H,(H,5,6)(H,7,8)/b22-13-;2-1-. The van der Waals surface area contributed by atoms with Crippen molar-refractivity contribution in [2.24, 2.45) is 0 Å². The van der Waals surface area contributed by atoms with E-state index < -0.39 is 11.9 Å². The number of hydrogen-bond donors (Lipinski definition) is 3. The Morgan fingerprint density at radius 3 is 2.13 bits per heavy atom. The predicted molar refractivity (Wildman–Crippen MR) is 124 cm³/mol. The fourth-order valence-electron chi connectivity index (χ4n) is 3.60. The molecule has 2 aromatic carbocycles.